The average Bonchev–Trinajstić information content (AvgIpc) is 2.06. The van der Waals surface area contributed by atoms with Crippen molar-refractivity contribution in [1.29, 1.82) is 0 Å². The zero-order valence-electron chi connectivity index (χ0n) is 8.48. The predicted molar refractivity (Wildman–Crippen MR) is 58.3 cm³/mol. The first-order valence-electron chi connectivity index (χ1n) is 4.63. The van der Waals surface area contributed by atoms with E-state index in [1.165, 1.54) is 12.8 Å². The molecule has 3 heteroatoms. The van der Waals surface area contributed by atoms with Crippen LogP contribution in [0.4, 0.5) is 0 Å². The van der Waals surface area contributed by atoms with Crippen LogP contribution in [-0.4, -0.2) is 18.2 Å². The van der Waals surface area contributed by atoms with Crippen molar-refractivity contribution in [3.63, 3.8) is 0 Å². The molecule has 0 heterocycles. The Morgan fingerprint density at radius 2 is 1.83 bits per heavy atom. The van der Waals surface area contributed by atoms with Gasteiger partial charge in [0, 0.05) is 13.1 Å². The third-order valence-electron chi connectivity index (χ3n) is 2.34. The van der Waals surface area contributed by atoms with E-state index in [4.69, 9.17) is 12.2 Å². The lowest BCUT2D eigenvalue weighted by Crippen LogP contribution is -2.42. The fraction of sp³-hybridized carbons (Fsp3) is 0.889. The highest BCUT2D eigenvalue weighted by Crippen LogP contribution is 2.12. The molecule has 0 aromatic rings. The summed E-state index contributed by atoms with van der Waals surface area (Å²) in [4.78, 5) is 0. The van der Waals surface area contributed by atoms with Crippen LogP contribution in [0.25, 0.3) is 0 Å². The molecule has 0 saturated carbocycles. The molecule has 0 amide bonds. The Labute approximate surface area is 81.1 Å². The molecule has 2 N–H and O–H groups in total. The van der Waals surface area contributed by atoms with Crippen molar-refractivity contribution in [1.82, 2.24) is 10.6 Å². The molecule has 0 fully saturated rings. The lowest BCUT2D eigenvalue weighted by atomic mass is 9.96. The number of hydrogen-bond donors (Lipinski definition) is 2. The molecular weight excluding hydrogens is 168 g/mol. The maximum atomic E-state index is 5.02. The van der Waals surface area contributed by atoms with Gasteiger partial charge in [-0.25, -0.2) is 0 Å². The molecule has 2 nitrogen and oxygen atoms in total. The van der Waals surface area contributed by atoms with Crippen LogP contribution in [0.15, 0.2) is 0 Å². The van der Waals surface area contributed by atoms with Crippen LogP contribution in [0, 0.1) is 5.92 Å². The van der Waals surface area contributed by atoms with E-state index in [0.29, 0.717) is 6.04 Å². The summed E-state index contributed by atoms with van der Waals surface area (Å²) >= 11 is 5.02. The summed E-state index contributed by atoms with van der Waals surface area (Å²) in [6, 6.07) is 0.472. The molecule has 0 rings (SSSR count). The Morgan fingerprint density at radius 1 is 1.33 bits per heavy atom. The summed E-state index contributed by atoms with van der Waals surface area (Å²) < 4.78 is 0. The van der Waals surface area contributed by atoms with E-state index in [2.05, 4.69) is 31.4 Å². The van der Waals surface area contributed by atoms with Gasteiger partial charge >= 0.3 is 0 Å². The smallest absolute Gasteiger partial charge is 0.166 e. The summed E-state index contributed by atoms with van der Waals surface area (Å²) in [5.41, 5.74) is 0. The molecule has 0 aromatic carbocycles. The molecule has 72 valence electrons. The normalized spacial score (nSPS) is 12.8. The van der Waals surface area contributed by atoms with Gasteiger partial charge in [-0.3, -0.25) is 0 Å². The largest absolute Gasteiger partial charge is 0.366 e. The van der Waals surface area contributed by atoms with E-state index in [0.717, 1.165) is 11.0 Å². The van der Waals surface area contributed by atoms with Gasteiger partial charge in [0.25, 0.3) is 0 Å². The number of thiocarbonyl (C=S) groups is 1. The molecule has 0 spiro atoms. The minimum atomic E-state index is 0.472. The Bertz CT molecular complexity index is 132. The quantitative estimate of drug-likeness (QED) is 0.659. The first kappa shape index (κ1) is 11.7. The summed E-state index contributed by atoms with van der Waals surface area (Å²) in [6.45, 7) is 6.62. The highest BCUT2D eigenvalue weighted by Gasteiger charge is 2.12. The van der Waals surface area contributed by atoms with Crippen LogP contribution in [-0.2, 0) is 0 Å². The van der Waals surface area contributed by atoms with Crippen LogP contribution in [0.2, 0.25) is 0 Å². The van der Waals surface area contributed by atoms with Crippen LogP contribution < -0.4 is 10.6 Å². The molecule has 0 bridgehead atoms. The van der Waals surface area contributed by atoms with Crippen LogP contribution in [0.1, 0.15) is 33.6 Å². The first-order valence-corrected chi connectivity index (χ1v) is 5.04. The van der Waals surface area contributed by atoms with Crippen LogP contribution >= 0.6 is 12.2 Å². The monoisotopic (exact) mass is 188 g/mol. The van der Waals surface area contributed by atoms with Crippen molar-refractivity contribution in [2.45, 2.75) is 39.7 Å². The highest BCUT2D eigenvalue weighted by atomic mass is 32.1. The molecule has 0 aliphatic rings. The van der Waals surface area contributed by atoms with Crippen LogP contribution in [0.3, 0.4) is 0 Å². The molecule has 0 aliphatic heterocycles. The van der Waals surface area contributed by atoms with Gasteiger partial charge in [-0.2, -0.15) is 0 Å². The molecule has 0 aromatic heterocycles. The van der Waals surface area contributed by atoms with E-state index in [9.17, 15) is 0 Å². The lowest BCUT2D eigenvalue weighted by molar-refractivity contribution is 0.390. The zero-order chi connectivity index (χ0) is 9.56. The second-order valence-corrected chi connectivity index (χ2v) is 3.50. The fourth-order valence-corrected chi connectivity index (χ4v) is 1.58. The molecule has 0 aliphatic carbocycles. The van der Waals surface area contributed by atoms with Gasteiger partial charge in [0.1, 0.15) is 0 Å². The molecule has 1 atom stereocenters. The zero-order valence-corrected chi connectivity index (χ0v) is 9.29. The Morgan fingerprint density at radius 3 is 2.17 bits per heavy atom. The second-order valence-electron chi connectivity index (χ2n) is 3.09. The van der Waals surface area contributed by atoms with Crippen molar-refractivity contribution in [2.24, 2.45) is 5.92 Å². The van der Waals surface area contributed by atoms with E-state index in [1.54, 1.807) is 0 Å². The SMILES string of the molecule is CCC(CC)C(C)NC(=S)NC. The molecule has 0 saturated heterocycles. The van der Waals surface area contributed by atoms with Crippen molar-refractivity contribution in [3.05, 3.63) is 0 Å². The molecule has 12 heavy (non-hydrogen) atoms. The minimum Gasteiger partial charge on any atom is -0.366 e. The summed E-state index contributed by atoms with van der Waals surface area (Å²) in [6.07, 6.45) is 2.41. The van der Waals surface area contributed by atoms with Crippen molar-refractivity contribution in [2.75, 3.05) is 7.05 Å². The fourth-order valence-electron chi connectivity index (χ4n) is 1.39. The standard InChI is InChI=1S/C9H20N2S/c1-5-8(6-2)7(3)11-9(12)10-4/h7-8H,5-6H2,1-4H3,(H2,10,11,12). The topological polar surface area (TPSA) is 24.1 Å². The van der Waals surface area contributed by atoms with Gasteiger partial charge in [-0.15, -0.1) is 0 Å². The van der Waals surface area contributed by atoms with E-state index in [-0.39, 0.29) is 0 Å². The maximum absolute atomic E-state index is 5.02. The Kier molecular flexibility index (Phi) is 6.07. The van der Waals surface area contributed by atoms with E-state index in [1.807, 2.05) is 7.05 Å². The first-order chi connectivity index (χ1) is 5.65. The summed E-state index contributed by atoms with van der Waals surface area (Å²) in [7, 11) is 1.84. The van der Waals surface area contributed by atoms with Crippen molar-refractivity contribution >= 4 is 17.3 Å². The van der Waals surface area contributed by atoms with Crippen molar-refractivity contribution in [3.8, 4) is 0 Å². The maximum Gasteiger partial charge on any atom is 0.166 e. The molecular formula is C9H20N2S. The third kappa shape index (κ3) is 3.90. The third-order valence-corrected chi connectivity index (χ3v) is 2.66. The number of hydrogen-bond acceptors (Lipinski definition) is 1. The highest BCUT2D eigenvalue weighted by molar-refractivity contribution is 7.80. The number of nitrogens with one attached hydrogen (secondary N) is 2. The number of rotatable bonds is 4. The minimum absolute atomic E-state index is 0.472. The summed E-state index contributed by atoms with van der Waals surface area (Å²) in [5.74, 6) is 0.719. The Balaban J connectivity index is 3.83. The van der Waals surface area contributed by atoms with Gasteiger partial charge in [-0.05, 0) is 25.1 Å². The van der Waals surface area contributed by atoms with Gasteiger partial charge in [0.15, 0.2) is 5.11 Å². The van der Waals surface area contributed by atoms with Gasteiger partial charge < -0.3 is 10.6 Å². The lowest BCUT2D eigenvalue weighted by Gasteiger charge is -2.23. The average molecular weight is 188 g/mol. The summed E-state index contributed by atoms with van der Waals surface area (Å²) in [5, 5.41) is 6.92. The van der Waals surface area contributed by atoms with E-state index < -0.39 is 0 Å². The molecule has 0 radical (unpaired) electrons. The second kappa shape index (κ2) is 6.23. The predicted octanol–water partition coefficient (Wildman–Crippen LogP) is 1.91. The van der Waals surface area contributed by atoms with Crippen LogP contribution in [0.5, 0.6) is 0 Å². The Hall–Kier alpha value is -0.310. The van der Waals surface area contributed by atoms with Gasteiger partial charge in [-0.1, -0.05) is 26.7 Å². The van der Waals surface area contributed by atoms with E-state index >= 15 is 0 Å². The van der Waals surface area contributed by atoms with Gasteiger partial charge in [0.2, 0.25) is 0 Å². The van der Waals surface area contributed by atoms with Crippen molar-refractivity contribution < 1.29 is 0 Å². The van der Waals surface area contributed by atoms with Gasteiger partial charge in [0.05, 0.1) is 0 Å². The molecule has 1 unspecified atom stereocenters.